The zero-order chi connectivity index (χ0) is 10.6. The Kier molecular flexibility index (Phi) is 3.29. The third-order valence-corrected chi connectivity index (χ3v) is 1.81. The van der Waals surface area contributed by atoms with Crippen LogP contribution in [0, 0.1) is 0 Å². The molecule has 3 heteroatoms. The summed E-state index contributed by atoms with van der Waals surface area (Å²) >= 11 is 0. The Morgan fingerprint density at radius 3 is 2.64 bits per heavy atom. The van der Waals surface area contributed by atoms with Crippen molar-refractivity contribution in [1.82, 2.24) is 0 Å². The minimum Gasteiger partial charge on any atom is -0.504 e. The molecule has 0 aliphatic carbocycles. The summed E-state index contributed by atoms with van der Waals surface area (Å²) in [5, 5.41) is 18.2. The molecule has 0 atom stereocenters. The molecule has 0 radical (unpaired) electrons. The first-order valence-electron chi connectivity index (χ1n) is 4.36. The van der Waals surface area contributed by atoms with E-state index in [0.29, 0.717) is 12.0 Å². The van der Waals surface area contributed by atoms with Gasteiger partial charge < -0.3 is 10.2 Å². The molecule has 0 saturated heterocycles. The van der Waals surface area contributed by atoms with E-state index < -0.39 is 0 Å². The zero-order valence-corrected chi connectivity index (χ0v) is 7.90. The van der Waals surface area contributed by atoms with Crippen LogP contribution in [-0.2, 0) is 4.79 Å². The molecule has 0 bridgehead atoms. The van der Waals surface area contributed by atoms with Gasteiger partial charge in [-0.25, -0.2) is 0 Å². The maximum absolute atomic E-state index is 10.9. The molecule has 0 saturated carbocycles. The van der Waals surface area contributed by atoms with Crippen molar-refractivity contribution in [2.75, 3.05) is 0 Å². The molecule has 0 aliphatic heterocycles. The lowest BCUT2D eigenvalue weighted by atomic mass is 10.1. The van der Waals surface area contributed by atoms with Crippen LogP contribution in [0.4, 0.5) is 0 Å². The Labute approximate surface area is 82.3 Å². The average Bonchev–Trinajstić information content (AvgIpc) is 2.19. The number of carbonyl (C=O) groups excluding carboxylic acids is 1. The standard InChI is InChI=1S/C11H12O3/c1-2-9(12)5-3-8-4-6-10(13)11(14)7-8/h3-7,13-14H,2H2,1H3. The quantitative estimate of drug-likeness (QED) is 0.569. The van der Waals surface area contributed by atoms with E-state index in [4.69, 9.17) is 10.2 Å². The Hall–Kier alpha value is -1.77. The van der Waals surface area contributed by atoms with Crippen LogP contribution in [0.5, 0.6) is 11.5 Å². The van der Waals surface area contributed by atoms with Crippen LogP contribution in [0.1, 0.15) is 18.9 Å². The van der Waals surface area contributed by atoms with Gasteiger partial charge in [0.05, 0.1) is 0 Å². The van der Waals surface area contributed by atoms with E-state index >= 15 is 0 Å². The highest BCUT2D eigenvalue weighted by Crippen LogP contribution is 2.25. The number of benzene rings is 1. The molecule has 0 aromatic heterocycles. The van der Waals surface area contributed by atoms with Gasteiger partial charge in [-0.15, -0.1) is 0 Å². The Morgan fingerprint density at radius 1 is 1.36 bits per heavy atom. The largest absolute Gasteiger partial charge is 0.504 e. The molecule has 0 amide bonds. The summed E-state index contributed by atoms with van der Waals surface area (Å²) < 4.78 is 0. The smallest absolute Gasteiger partial charge is 0.157 e. The van der Waals surface area contributed by atoms with Crippen LogP contribution in [0.2, 0.25) is 0 Å². The summed E-state index contributed by atoms with van der Waals surface area (Å²) in [5.41, 5.74) is 0.683. The fourth-order valence-electron chi connectivity index (χ4n) is 0.951. The maximum Gasteiger partial charge on any atom is 0.157 e. The lowest BCUT2D eigenvalue weighted by molar-refractivity contribution is -0.114. The number of phenols is 2. The highest BCUT2D eigenvalue weighted by atomic mass is 16.3. The van der Waals surface area contributed by atoms with Gasteiger partial charge >= 0.3 is 0 Å². The molecular weight excluding hydrogens is 180 g/mol. The molecule has 0 spiro atoms. The molecule has 1 aromatic carbocycles. The Morgan fingerprint density at radius 2 is 2.07 bits per heavy atom. The van der Waals surface area contributed by atoms with Gasteiger partial charge in [-0.3, -0.25) is 4.79 Å². The van der Waals surface area contributed by atoms with Crippen LogP contribution < -0.4 is 0 Å². The normalized spacial score (nSPS) is 10.6. The number of ketones is 1. The first kappa shape index (κ1) is 10.3. The van der Waals surface area contributed by atoms with Gasteiger partial charge in [-0.05, 0) is 23.8 Å². The van der Waals surface area contributed by atoms with Gasteiger partial charge in [0.15, 0.2) is 17.3 Å². The van der Waals surface area contributed by atoms with Crippen LogP contribution in [0.3, 0.4) is 0 Å². The van der Waals surface area contributed by atoms with Crippen molar-refractivity contribution in [3.63, 3.8) is 0 Å². The molecule has 0 fully saturated rings. The zero-order valence-electron chi connectivity index (χ0n) is 7.90. The van der Waals surface area contributed by atoms with Gasteiger partial charge in [0.2, 0.25) is 0 Å². The van der Waals surface area contributed by atoms with Crippen molar-refractivity contribution >= 4 is 11.9 Å². The minimum absolute atomic E-state index is 0.0255. The maximum atomic E-state index is 10.9. The molecule has 1 rings (SSSR count). The van der Waals surface area contributed by atoms with E-state index in [-0.39, 0.29) is 17.3 Å². The molecule has 0 heterocycles. The number of rotatable bonds is 3. The fourth-order valence-corrected chi connectivity index (χ4v) is 0.951. The van der Waals surface area contributed by atoms with Gasteiger partial charge in [-0.2, -0.15) is 0 Å². The highest BCUT2D eigenvalue weighted by molar-refractivity contribution is 5.93. The van der Waals surface area contributed by atoms with E-state index in [1.165, 1.54) is 18.2 Å². The van der Waals surface area contributed by atoms with Crippen LogP contribution in [-0.4, -0.2) is 16.0 Å². The Balaban J connectivity index is 2.83. The molecule has 14 heavy (non-hydrogen) atoms. The van der Waals surface area contributed by atoms with Gasteiger partial charge in [0, 0.05) is 6.42 Å². The summed E-state index contributed by atoms with van der Waals surface area (Å²) in [6, 6.07) is 4.40. The van der Waals surface area contributed by atoms with E-state index in [1.807, 2.05) is 0 Å². The highest BCUT2D eigenvalue weighted by Gasteiger charge is 1.98. The minimum atomic E-state index is -0.184. The first-order valence-corrected chi connectivity index (χ1v) is 4.36. The number of hydrogen-bond acceptors (Lipinski definition) is 3. The van der Waals surface area contributed by atoms with E-state index in [2.05, 4.69) is 0 Å². The van der Waals surface area contributed by atoms with E-state index in [9.17, 15) is 4.79 Å². The van der Waals surface area contributed by atoms with Gasteiger partial charge in [0.1, 0.15) is 0 Å². The molecule has 74 valence electrons. The summed E-state index contributed by atoms with van der Waals surface area (Å²) in [5.74, 6) is -0.322. The molecule has 1 aromatic rings. The van der Waals surface area contributed by atoms with Crippen molar-refractivity contribution in [3.8, 4) is 11.5 Å². The van der Waals surface area contributed by atoms with Gasteiger partial charge in [-0.1, -0.05) is 19.1 Å². The van der Waals surface area contributed by atoms with Crippen molar-refractivity contribution in [2.24, 2.45) is 0 Å². The SMILES string of the molecule is CCC(=O)C=Cc1ccc(O)c(O)c1. The first-order chi connectivity index (χ1) is 6.63. The number of phenolic OH excluding ortho intramolecular Hbond substituents is 2. The monoisotopic (exact) mass is 192 g/mol. The second-order valence-electron chi connectivity index (χ2n) is 2.90. The molecule has 0 unspecified atom stereocenters. The second-order valence-corrected chi connectivity index (χ2v) is 2.90. The van der Waals surface area contributed by atoms with Gasteiger partial charge in [0.25, 0.3) is 0 Å². The van der Waals surface area contributed by atoms with Crippen molar-refractivity contribution < 1.29 is 15.0 Å². The van der Waals surface area contributed by atoms with Crippen LogP contribution in [0.15, 0.2) is 24.3 Å². The summed E-state index contributed by atoms with van der Waals surface area (Å²) in [6.07, 6.45) is 3.51. The molecule has 3 nitrogen and oxygen atoms in total. The Bertz CT molecular complexity index is 367. The number of carbonyl (C=O) groups is 1. The van der Waals surface area contributed by atoms with Crippen molar-refractivity contribution in [2.45, 2.75) is 13.3 Å². The van der Waals surface area contributed by atoms with Crippen LogP contribution >= 0.6 is 0 Å². The topological polar surface area (TPSA) is 57.5 Å². The summed E-state index contributed by atoms with van der Waals surface area (Å²) in [4.78, 5) is 10.9. The number of aromatic hydroxyl groups is 2. The van der Waals surface area contributed by atoms with E-state index in [1.54, 1.807) is 19.1 Å². The third-order valence-electron chi connectivity index (χ3n) is 1.81. The predicted molar refractivity (Wildman–Crippen MR) is 54.1 cm³/mol. The van der Waals surface area contributed by atoms with Crippen molar-refractivity contribution in [1.29, 1.82) is 0 Å². The molecule has 2 N–H and O–H groups in total. The summed E-state index contributed by atoms with van der Waals surface area (Å²) in [7, 11) is 0. The third kappa shape index (κ3) is 2.62. The lowest BCUT2D eigenvalue weighted by Gasteiger charge is -1.97. The molecular formula is C11H12O3. The van der Waals surface area contributed by atoms with Crippen LogP contribution in [0.25, 0.3) is 6.08 Å². The number of hydrogen-bond donors (Lipinski definition) is 2. The van der Waals surface area contributed by atoms with E-state index in [0.717, 1.165) is 0 Å². The second kappa shape index (κ2) is 4.46. The summed E-state index contributed by atoms with van der Waals surface area (Å²) in [6.45, 7) is 1.78. The molecule has 0 aliphatic rings. The fraction of sp³-hybridized carbons (Fsp3) is 0.182. The number of allylic oxidation sites excluding steroid dienone is 1. The lowest BCUT2D eigenvalue weighted by Crippen LogP contribution is -1.86. The van der Waals surface area contributed by atoms with Crippen molar-refractivity contribution in [3.05, 3.63) is 29.8 Å². The predicted octanol–water partition coefficient (Wildman–Crippen LogP) is 2.09. The average molecular weight is 192 g/mol.